The van der Waals surface area contributed by atoms with Crippen LogP contribution >= 0.6 is 0 Å². The number of ketones is 1. The molecule has 5 aliphatic rings. The normalized spacial score (nSPS) is 37.0. The van der Waals surface area contributed by atoms with Gasteiger partial charge in [0.25, 0.3) is 0 Å². The Morgan fingerprint density at radius 1 is 1.23 bits per heavy atom. The third-order valence-corrected chi connectivity index (χ3v) is 8.08. The number of hydrogen-bond acceptors (Lipinski definition) is 5. The Balaban J connectivity index is 1.25. The SMILES string of the molecule is Cc1cc(C(=O)COC(=O)C23CC4CC(CC(O)(C4)C2)C3)c(C)n1CC1CCCO1. The summed E-state index contributed by atoms with van der Waals surface area (Å²) in [6.07, 6.45) is 7.19. The molecule has 4 bridgehead atoms. The molecule has 0 spiro atoms. The van der Waals surface area contributed by atoms with Crippen LogP contribution < -0.4 is 0 Å². The van der Waals surface area contributed by atoms with E-state index in [-0.39, 0.29) is 24.5 Å². The zero-order valence-electron chi connectivity index (χ0n) is 18.1. The van der Waals surface area contributed by atoms with Crippen molar-refractivity contribution in [3.63, 3.8) is 0 Å². The molecular formula is C24H33NO5. The molecule has 5 fully saturated rings. The molecule has 6 rings (SSSR count). The van der Waals surface area contributed by atoms with Crippen molar-refractivity contribution in [3.8, 4) is 0 Å². The van der Waals surface area contributed by atoms with Gasteiger partial charge >= 0.3 is 5.97 Å². The lowest BCUT2D eigenvalue weighted by Gasteiger charge is -2.58. The van der Waals surface area contributed by atoms with Gasteiger partial charge in [0.05, 0.1) is 17.1 Å². The lowest BCUT2D eigenvalue weighted by molar-refractivity contribution is -0.195. The number of aromatic nitrogens is 1. The fourth-order valence-electron chi connectivity index (χ4n) is 7.17. The van der Waals surface area contributed by atoms with Crippen LogP contribution in [0, 0.1) is 31.1 Å². The number of rotatable bonds is 6. The monoisotopic (exact) mass is 415 g/mol. The van der Waals surface area contributed by atoms with Crippen molar-refractivity contribution in [1.82, 2.24) is 4.57 Å². The minimum absolute atomic E-state index is 0.154. The number of carbonyl (C=O) groups excluding carboxylic acids is 2. The van der Waals surface area contributed by atoms with Gasteiger partial charge in [0.15, 0.2) is 6.61 Å². The van der Waals surface area contributed by atoms with Gasteiger partial charge in [-0.05, 0) is 83.1 Å². The van der Waals surface area contributed by atoms with Crippen molar-refractivity contribution in [2.75, 3.05) is 13.2 Å². The van der Waals surface area contributed by atoms with Gasteiger partial charge in [0, 0.05) is 30.1 Å². The van der Waals surface area contributed by atoms with E-state index in [0.29, 0.717) is 23.8 Å². The average molecular weight is 416 g/mol. The van der Waals surface area contributed by atoms with Crippen molar-refractivity contribution in [1.29, 1.82) is 0 Å². The van der Waals surface area contributed by atoms with Crippen LogP contribution in [0.4, 0.5) is 0 Å². The molecule has 30 heavy (non-hydrogen) atoms. The maximum absolute atomic E-state index is 13.1. The van der Waals surface area contributed by atoms with Crippen LogP contribution in [-0.4, -0.2) is 46.3 Å². The molecule has 0 aromatic carbocycles. The topological polar surface area (TPSA) is 77.8 Å². The first-order valence-corrected chi connectivity index (χ1v) is 11.5. The predicted molar refractivity (Wildman–Crippen MR) is 110 cm³/mol. The lowest BCUT2D eigenvalue weighted by atomic mass is 9.48. The first-order valence-electron chi connectivity index (χ1n) is 11.5. The molecular weight excluding hydrogens is 382 g/mol. The number of Topliss-reactive ketones (excluding diaryl/α,β-unsaturated/α-hetero) is 1. The molecule has 1 aliphatic heterocycles. The van der Waals surface area contributed by atoms with E-state index in [1.165, 1.54) is 0 Å². The zero-order chi connectivity index (χ0) is 21.1. The summed E-state index contributed by atoms with van der Waals surface area (Å²) < 4.78 is 13.5. The molecule has 4 saturated carbocycles. The van der Waals surface area contributed by atoms with Crippen molar-refractivity contribution < 1.29 is 24.2 Å². The molecule has 3 atom stereocenters. The van der Waals surface area contributed by atoms with Crippen molar-refractivity contribution in [2.24, 2.45) is 17.3 Å². The first kappa shape index (κ1) is 20.3. The number of hydrogen-bond donors (Lipinski definition) is 1. The third kappa shape index (κ3) is 3.42. The Morgan fingerprint density at radius 3 is 2.60 bits per heavy atom. The number of nitrogens with zero attached hydrogens (tertiary/aromatic N) is 1. The number of esters is 1. The molecule has 1 aromatic heterocycles. The number of ether oxygens (including phenoxy) is 2. The van der Waals surface area contributed by atoms with E-state index < -0.39 is 11.0 Å². The molecule has 1 N–H and O–H groups in total. The fourth-order valence-corrected chi connectivity index (χ4v) is 7.17. The molecule has 2 heterocycles. The van der Waals surface area contributed by atoms with E-state index in [4.69, 9.17) is 9.47 Å². The molecule has 0 amide bonds. The van der Waals surface area contributed by atoms with E-state index >= 15 is 0 Å². The minimum Gasteiger partial charge on any atom is -0.457 e. The highest BCUT2D eigenvalue weighted by molar-refractivity contribution is 5.99. The van der Waals surface area contributed by atoms with Crippen LogP contribution in [0.2, 0.25) is 0 Å². The Labute approximate surface area is 177 Å². The lowest BCUT2D eigenvalue weighted by Crippen LogP contribution is -2.58. The van der Waals surface area contributed by atoms with E-state index in [0.717, 1.165) is 69.5 Å². The summed E-state index contributed by atoms with van der Waals surface area (Å²) >= 11 is 0. The first-order chi connectivity index (χ1) is 14.3. The largest absolute Gasteiger partial charge is 0.457 e. The van der Waals surface area contributed by atoms with Crippen molar-refractivity contribution in [3.05, 3.63) is 23.0 Å². The number of carbonyl (C=O) groups is 2. The standard InChI is InChI=1S/C24H33NO5/c1-15-6-20(16(2)25(15)12-19-4-3-5-29-19)21(26)13-30-22(27)23-8-17-7-18(9-23)11-24(28,10-17)14-23/h6,17-19,28H,3-5,7-14H2,1-2H3. The summed E-state index contributed by atoms with van der Waals surface area (Å²) in [5.41, 5.74) is 1.27. The summed E-state index contributed by atoms with van der Waals surface area (Å²) in [7, 11) is 0. The van der Waals surface area contributed by atoms with Crippen LogP contribution in [0.25, 0.3) is 0 Å². The highest BCUT2D eigenvalue weighted by Gasteiger charge is 2.60. The van der Waals surface area contributed by atoms with Gasteiger partial charge in [0.1, 0.15) is 0 Å². The van der Waals surface area contributed by atoms with Gasteiger partial charge < -0.3 is 19.1 Å². The number of aliphatic hydroxyl groups is 1. The van der Waals surface area contributed by atoms with Gasteiger partial charge in [-0.15, -0.1) is 0 Å². The summed E-state index contributed by atoms with van der Waals surface area (Å²) in [4.78, 5) is 25.9. The second-order valence-electron chi connectivity index (χ2n) is 10.5. The van der Waals surface area contributed by atoms with Crippen LogP contribution in [0.1, 0.15) is 73.1 Å². The third-order valence-electron chi connectivity index (χ3n) is 8.08. The molecule has 0 radical (unpaired) electrons. The van der Waals surface area contributed by atoms with E-state index in [1.807, 2.05) is 19.9 Å². The van der Waals surface area contributed by atoms with Crippen LogP contribution in [0.15, 0.2) is 6.07 Å². The highest BCUT2D eigenvalue weighted by atomic mass is 16.5. The van der Waals surface area contributed by atoms with Gasteiger partial charge in [-0.2, -0.15) is 0 Å². The summed E-state index contributed by atoms with van der Waals surface area (Å²) in [6, 6.07) is 1.90. The van der Waals surface area contributed by atoms with Gasteiger partial charge in [-0.3, -0.25) is 9.59 Å². The van der Waals surface area contributed by atoms with Crippen LogP contribution in [0.5, 0.6) is 0 Å². The minimum atomic E-state index is -0.708. The molecule has 1 aromatic rings. The smallest absolute Gasteiger partial charge is 0.312 e. The van der Waals surface area contributed by atoms with Crippen molar-refractivity contribution >= 4 is 11.8 Å². The molecule has 4 aliphatic carbocycles. The Hall–Kier alpha value is -1.66. The molecule has 3 unspecified atom stereocenters. The average Bonchev–Trinajstić information content (AvgIpc) is 3.27. The Morgan fingerprint density at radius 2 is 1.97 bits per heavy atom. The van der Waals surface area contributed by atoms with Gasteiger partial charge in [0.2, 0.25) is 5.78 Å². The van der Waals surface area contributed by atoms with Crippen LogP contribution in [-0.2, 0) is 20.8 Å². The Bertz CT molecular complexity index is 851. The van der Waals surface area contributed by atoms with E-state index in [2.05, 4.69) is 4.57 Å². The zero-order valence-corrected chi connectivity index (χ0v) is 18.1. The highest BCUT2D eigenvalue weighted by Crippen LogP contribution is 2.61. The maximum Gasteiger partial charge on any atom is 0.312 e. The van der Waals surface area contributed by atoms with Gasteiger partial charge in [-0.1, -0.05) is 0 Å². The summed E-state index contributed by atoms with van der Waals surface area (Å²) in [5.74, 6) is 0.391. The summed E-state index contributed by atoms with van der Waals surface area (Å²) in [6.45, 7) is 5.30. The van der Waals surface area contributed by atoms with E-state index in [9.17, 15) is 14.7 Å². The molecule has 6 heteroatoms. The fraction of sp³-hybridized carbons (Fsp3) is 0.750. The van der Waals surface area contributed by atoms with Gasteiger partial charge in [-0.25, -0.2) is 0 Å². The predicted octanol–water partition coefficient (Wildman–Crippen LogP) is 3.34. The second-order valence-corrected chi connectivity index (χ2v) is 10.5. The second kappa shape index (κ2) is 7.20. The van der Waals surface area contributed by atoms with Crippen molar-refractivity contribution in [2.45, 2.75) is 83.5 Å². The quantitative estimate of drug-likeness (QED) is 0.570. The summed E-state index contributed by atoms with van der Waals surface area (Å²) in [5, 5.41) is 10.9. The molecule has 6 nitrogen and oxygen atoms in total. The molecule has 164 valence electrons. The van der Waals surface area contributed by atoms with E-state index in [1.54, 1.807) is 0 Å². The number of aryl methyl sites for hydroxylation is 1. The van der Waals surface area contributed by atoms with Crippen LogP contribution in [0.3, 0.4) is 0 Å². The Kier molecular flexibility index (Phi) is 4.86. The maximum atomic E-state index is 13.1. The molecule has 1 saturated heterocycles.